The van der Waals surface area contributed by atoms with E-state index in [1.165, 1.54) is 27.8 Å². The SMILES string of the molecule is CN(CC=CC=Cc1ccc(-c2ccccc2)cc1)Cc1ccc2c(c1)CCO2. The summed E-state index contributed by atoms with van der Waals surface area (Å²) < 4.78 is 5.58. The second kappa shape index (κ2) is 9.40. The highest BCUT2D eigenvalue weighted by molar-refractivity contribution is 5.65. The van der Waals surface area contributed by atoms with Gasteiger partial charge in [0.25, 0.3) is 0 Å². The van der Waals surface area contributed by atoms with E-state index in [9.17, 15) is 0 Å². The lowest BCUT2D eigenvalue weighted by Gasteiger charge is -2.14. The second-order valence-electron chi connectivity index (χ2n) is 7.51. The van der Waals surface area contributed by atoms with Crippen LogP contribution in [0.3, 0.4) is 0 Å². The third-order valence-corrected chi connectivity index (χ3v) is 5.18. The first-order valence-electron chi connectivity index (χ1n) is 10.2. The molecular weight excluding hydrogens is 354 g/mol. The Morgan fingerprint density at radius 1 is 0.897 bits per heavy atom. The summed E-state index contributed by atoms with van der Waals surface area (Å²) in [5.74, 6) is 1.05. The molecular formula is C27H27NO. The maximum absolute atomic E-state index is 5.58. The highest BCUT2D eigenvalue weighted by Crippen LogP contribution is 2.26. The molecule has 2 nitrogen and oxygen atoms in total. The topological polar surface area (TPSA) is 12.5 Å². The molecule has 146 valence electrons. The molecule has 29 heavy (non-hydrogen) atoms. The van der Waals surface area contributed by atoms with Gasteiger partial charge in [-0.05, 0) is 40.9 Å². The largest absolute Gasteiger partial charge is 0.493 e. The molecule has 0 spiro atoms. The monoisotopic (exact) mass is 381 g/mol. The van der Waals surface area contributed by atoms with Crippen LogP contribution >= 0.6 is 0 Å². The van der Waals surface area contributed by atoms with E-state index in [1.54, 1.807) is 0 Å². The molecule has 0 radical (unpaired) electrons. The summed E-state index contributed by atoms with van der Waals surface area (Å²) in [4.78, 5) is 2.32. The van der Waals surface area contributed by atoms with E-state index in [0.717, 1.165) is 31.9 Å². The lowest BCUT2D eigenvalue weighted by molar-refractivity contribution is 0.355. The van der Waals surface area contributed by atoms with E-state index in [4.69, 9.17) is 4.74 Å². The Kier molecular flexibility index (Phi) is 6.23. The maximum Gasteiger partial charge on any atom is 0.122 e. The molecule has 0 fully saturated rings. The van der Waals surface area contributed by atoms with Gasteiger partial charge in [0.2, 0.25) is 0 Å². The van der Waals surface area contributed by atoms with Crippen molar-refractivity contribution in [1.29, 1.82) is 0 Å². The third kappa shape index (κ3) is 5.24. The van der Waals surface area contributed by atoms with Crippen molar-refractivity contribution in [1.82, 2.24) is 4.90 Å². The normalized spacial score (nSPS) is 13.3. The summed E-state index contributed by atoms with van der Waals surface area (Å²) in [5.41, 5.74) is 6.40. The van der Waals surface area contributed by atoms with Gasteiger partial charge in [0.15, 0.2) is 0 Å². The lowest BCUT2D eigenvalue weighted by atomic mass is 10.0. The molecule has 0 unspecified atom stereocenters. The van der Waals surface area contributed by atoms with Crippen LogP contribution in [0.1, 0.15) is 16.7 Å². The summed E-state index contributed by atoms with van der Waals surface area (Å²) in [5, 5.41) is 0. The molecule has 3 aromatic carbocycles. The van der Waals surface area contributed by atoms with Crippen molar-refractivity contribution in [3.63, 3.8) is 0 Å². The van der Waals surface area contributed by atoms with Gasteiger partial charge in [-0.25, -0.2) is 0 Å². The molecule has 0 amide bonds. The molecule has 0 saturated heterocycles. The van der Waals surface area contributed by atoms with Gasteiger partial charge in [0.1, 0.15) is 5.75 Å². The van der Waals surface area contributed by atoms with Crippen LogP contribution in [-0.2, 0) is 13.0 Å². The van der Waals surface area contributed by atoms with E-state index in [1.807, 2.05) is 6.07 Å². The number of rotatable bonds is 7. The standard InChI is InChI=1S/C27H27NO/c1-28(21-23-13-16-27-26(20-23)17-19-29-27)18-7-3-4-8-22-11-14-25(15-12-22)24-9-5-2-6-10-24/h2-16,20H,17-19,21H2,1H3. The van der Waals surface area contributed by atoms with Gasteiger partial charge in [0, 0.05) is 19.5 Å². The fraction of sp³-hybridized carbons (Fsp3) is 0.185. The van der Waals surface area contributed by atoms with E-state index >= 15 is 0 Å². The number of benzene rings is 3. The van der Waals surface area contributed by atoms with Gasteiger partial charge < -0.3 is 4.74 Å². The zero-order valence-electron chi connectivity index (χ0n) is 16.9. The molecule has 1 heterocycles. The Bertz CT molecular complexity index is 987. The number of hydrogen-bond donors (Lipinski definition) is 0. The zero-order chi connectivity index (χ0) is 19.9. The fourth-order valence-corrected chi connectivity index (χ4v) is 3.62. The third-order valence-electron chi connectivity index (χ3n) is 5.18. The van der Waals surface area contributed by atoms with Crippen LogP contribution in [0, 0.1) is 0 Å². The Morgan fingerprint density at radius 2 is 1.69 bits per heavy atom. The van der Waals surface area contributed by atoms with Gasteiger partial charge in [0.05, 0.1) is 6.61 Å². The molecule has 0 N–H and O–H groups in total. The van der Waals surface area contributed by atoms with E-state index < -0.39 is 0 Å². The van der Waals surface area contributed by atoms with Gasteiger partial charge >= 0.3 is 0 Å². The van der Waals surface area contributed by atoms with Crippen molar-refractivity contribution in [3.05, 3.63) is 108 Å². The smallest absolute Gasteiger partial charge is 0.122 e. The number of fused-ring (bicyclic) bond motifs is 1. The average molecular weight is 382 g/mol. The molecule has 4 rings (SSSR count). The molecule has 0 aromatic heterocycles. The molecule has 3 aromatic rings. The predicted octanol–water partition coefficient (Wildman–Crippen LogP) is 5.99. The first kappa shape index (κ1) is 19.2. The zero-order valence-corrected chi connectivity index (χ0v) is 16.9. The summed E-state index contributed by atoms with van der Waals surface area (Å²) in [6.45, 7) is 2.69. The Morgan fingerprint density at radius 3 is 2.52 bits per heavy atom. The van der Waals surface area contributed by atoms with Crippen LogP contribution < -0.4 is 4.74 Å². The number of allylic oxidation sites excluding steroid dienone is 2. The van der Waals surface area contributed by atoms with Crippen LogP contribution in [0.4, 0.5) is 0 Å². The molecule has 2 heteroatoms. The summed E-state index contributed by atoms with van der Waals surface area (Å²) >= 11 is 0. The van der Waals surface area contributed by atoms with Crippen molar-refractivity contribution < 1.29 is 4.74 Å². The van der Waals surface area contributed by atoms with Crippen molar-refractivity contribution in [3.8, 4) is 16.9 Å². The minimum atomic E-state index is 0.818. The van der Waals surface area contributed by atoms with Gasteiger partial charge in [-0.1, -0.05) is 91.0 Å². The van der Waals surface area contributed by atoms with E-state index in [2.05, 4.69) is 103 Å². The van der Waals surface area contributed by atoms with Crippen LogP contribution in [0.15, 0.2) is 91.0 Å². The Hall–Kier alpha value is -3.10. The second-order valence-corrected chi connectivity index (χ2v) is 7.51. The minimum Gasteiger partial charge on any atom is -0.493 e. The number of nitrogens with zero attached hydrogens (tertiary/aromatic N) is 1. The van der Waals surface area contributed by atoms with Crippen molar-refractivity contribution in [2.24, 2.45) is 0 Å². The number of likely N-dealkylation sites (N-methyl/N-ethyl adjacent to an activating group) is 1. The van der Waals surface area contributed by atoms with Crippen LogP contribution in [0.2, 0.25) is 0 Å². The van der Waals surface area contributed by atoms with Crippen LogP contribution in [0.5, 0.6) is 5.75 Å². The van der Waals surface area contributed by atoms with Gasteiger partial charge in [-0.3, -0.25) is 4.90 Å². The molecule has 0 aliphatic carbocycles. The highest BCUT2D eigenvalue weighted by atomic mass is 16.5. The Labute approximate surface area is 173 Å². The van der Waals surface area contributed by atoms with E-state index in [0.29, 0.717) is 0 Å². The average Bonchev–Trinajstić information content (AvgIpc) is 3.22. The summed E-state index contributed by atoms with van der Waals surface area (Å²) in [6, 6.07) is 25.7. The molecule has 1 aliphatic rings. The highest BCUT2D eigenvalue weighted by Gasteiger charge is 2.12. The first-order valence-corrected chi connectivity index (χ1v) is 10.2. The number of hydrogen-bond acceptors (Lipinski definition) is 2. The summed E-state index contributed by atoms with van der Waals surface area (Å²) in [6.07, 6.45) is 9.61. The molecule has 0 bridgehead atoms. The predicted molar refractivity (Wildman–Crippen MR) is 122 cm³/mol. The van der Waals surface area contributed by atoms with E-state index in [-0.39, 0.29) is 0 Å². The van der Waals surface area contributed by atoms with Crippen LogP contribution in [-0.4, -0.2) is 25.1 Å². The number of ether oxygens (including phenoxy) is 1. The molecule has 0 atom stereocenters. The quantitative estimate of drug-likeness (QED) is 0.466. The fourth-order valence-electron chi connectivity index (χ4n) is 3.62. The summed E-state index contributed by atoms with van der Waals surface area (Å²) in [7, 11) is 2.15. The van der Waals surface area contributed by atoms with Crippen molar-refractivity contribution >= 4 is 6.08 Å². The van der Waals surface area contributed by atoms with Crippen molar-refractivity contribution in [2.75, 3.05) is 20.2 Å². The molecule has 0 saturated carbocycles. The Balaban J connectivity index is 1.26. The minimum absolute atomic E-state index is 0.818. The van der Waals surface area contributed by atoms with Crippen LogP contribution in [0.25, 0.3) is 17.2 Å². The lowest BCUT2D eigenvalue weighted by Crippen LogP contribution is -2.17. The van der Waals surface area contributed by atoms with Crippen molar-refractivity contribution in [2.45, 2.75) is 13.0 Å². The van der Waals surface area contributed by atoms with Gasteiger partial charge in [-0.15, -0.1) is 0 Å². The molecule has 1 aliphatic heterocycles. The first-order chi connectivity index (χ1) is 14.3. The maximum atomic E-state index is 5.58. The van der Waals surface area contributed by atoms with Gasteiger partial charge in [-0.2, -0.15) is 0 Å².